The van der Waals surface area contributed by atoms with Gasteiger partial charge in [-0.05, 0) is 24.1 Å². The fourth-order valence-electron chi connectivity index (χ4n) is 1.74. The molecule has 19 heavy (non-hydrogen) atoms. The highest BCUT2D eigenvalue weighted by atomic mass is 19.4. The van der Waals surface area contributed by atoms with Crippen LogP contribution in [0.25, 0.3) is 0 Å². The number of carbonyl (C=O) groups is 1. The molecule has 1 aromatic carbocycles. The van der Waals surface area contributed by atoms with Crippen molar-refractivity contribution in [2.24, 2.45) is 4.99 Å². The first kappa shape index (κ1) is 13.4. The normalized spacial score (nSPS) is 18.9. The summed E-state index contributed by atoms with van der Waals surface area (Å²) in [5.74, 6) is -1.59. The molecule has 1 atom stereocenters. The van der Waals surface area contributed by atoms with E-state index in [0.29, 0.717) is 12.0 Å². The van der Waals surface area contributed by atoms with Gasteiger partial charge >= 0.3 is 12.1 Å². The Balaban J connectivity index is 2.03. The van der Waals surface area contributed by atoms with Crippen molar-refractivity contribution in [1.29, 1.82) is 0 Å². The summed E-state index contributed by atoms with van der Waals surface area (Å²) in [6.45, 7) is 0.128. The van der Waals surface area contributed by atoms with Crippen LogP contribution in [0.5, 0.6) is 0 Å². The van der Waals surface area contributed by atoms with Crippen molar-refractivity contribution in [2.75, 3.05) is 6.61 Å². The van der Waals surface area contributed by atoms with Crippen molar-refractivity contribution in [3.8, 4) is 0 Å². The van der Waals surface area contributed by atoms with E-state index >= 15 is 0 Å². The van der Waals surface area contributed by atoms with E-state index < -0.39 is 17.7 Å². The van der Waals surface area contributed by atoms with Crippen LogP contribution in [-0.4, -0.2) is 29.6 Å². The Hall–Kier alpha value is -2.05. The molecule has 0 saturated heterocycles. The standard InChI is InChI=1S/C12H10F3NO3/c13-12(14,15)8-3-1-7(2-4-8)5-9-6-19-10(16-9)11(17)18/h1-4,9H,5-6H2,(H,17,18). The van der Waals surface area contributed by atoms with Crippen molar-refractivity contribution in [3.05, 3.63) is 35.4 Å². The van der Waals surface area contributed by atoms with E-state index in [4.69, 9.17) is 9.84 Å². The van der Waals surface area contributed by atoms with Crippen LogP contribution in [0.4, 0.5) is 13.2 Å². The summed E-state index contributed by atoms with van der Waals surface area (Å²) in [5, 5.41) is 8.64. The van der Waals surface area contributed by atoms with Gasteiger partial charge in [0.25, 0.3) is 5.90 Å². The zero-order valence-corrected chi connectivity index (χ0v) is 9.65. The van der Waals surface area contributed by atoms with Gasteiger partial charge in [-0.2, -0.15) is 13.2 Å². The zero-order valence-electron chi connectivity index (χ0n) is 9.65. The van der Waals surface area contributed by atoms with Gasteiger partial charge in [-0.3, -0.25) is 0 Å². The SMILES string of the molecule is O=C(O)C1=NC(Cc2ccc(C(F)(F)F)cc2)CO1. The molecule has 4 nitrogen and oxygen atoms in total. The number of aliphatic imine (C=N–C) groups is 1. The zero-order chi connectivity index (χ0) is 14.0. The Bertz CT molecular complexity index is 508. The van der Waals surface area contributed by atoms with E-state index in [1.54, 1.807) is 0 Å². The molecule has 102 valence electrons. The monoisotopic (exact) mass is 273 g/mol. The number of rotatable bonds is 3. The molecular formula is C12H10F3NO3. The second kappa shape index (κ2) is 4.91. The number of hydrogen-bond donors (Lipinski definition) is 1. The van der Waals surface area contributed by atoms with E-state index in [1.165, 1.54) is 12.1 Å². The highest BCUT2D eigenvalue weighted by molar-refractivity contribution is 6.32. The summed E-state index contributed by atoms with van der Waals surface area (Å²) < 4.78 is 41.9. The van der Waals surface area contributed by atoms with Gasteiger partial charge < -0.3 is 9.84 Å². The van der Waals surface area contributed by atoms with E-state index in [0.717, 1.165) is 12.1 Å². The number of nitrogens with zero attached hydrogens (tertiary/aromatic N) is 1. The quantitative estimate of drug-likeness (QED) is 0.917. The van der Waals surface area contributed by atoms with Crippen molar-refractivity contribution in [3.63, 3.8) is 0 Å². The van der Waals surface area contributed by atoms with E-state index in [2.05, 4.69) is 4.99 Å². The van der Waals surface area contributed by atoms with Gasteiger partial charge in [-0.15, -0.1) is 0 Å². The maximum atomic E-state index is 12.4. The van der Waals surface area contributed by atoms with Crippen LogP contribution in [0.15, 0.2) is 29.3 Å². The maximum absolute atomic E-state index is 12.4. The molecule has 7 heteroatoms. The Morgan fingerprint density at radius 2 is 2.00 bits per heavy atom. The highest BCUT2D eigenvalue weighted by Gasteiger charge is 2.30. The number of carboxylic acid groups (broad SMARTS) is 1. The number of alkyl halides is 3. The minimum absolute atomic E-state index is 0.128. The van der Waals surface area contributed by atoms with Crippen LogP contribution in [0.2, 0.25) is 0 Å². The lowest BCUT2D eigenvalue weighted by Gasteiger charge is -2.08. The highest BCUT2D eigenvalue weighted by Crippen LogP contribution is 2.29. The average molecular weight is 273 g/mol. The number of aliphatic carboxylic acids is 1. The third-order valence-corrected chi connectivity index (χ3v) is 2.65. The Morgan fingerprint density at radius 1 is 1.37 bits per heavy atom. The van der Waals surface area contributed by atoms with E-state index in [9.17, 15) is 18.0 Å². The fourth-order valence-corrected chi connectivity index (χ4v) is 1.74. The summed E-state index contributed by atoms with van der Waals surface area (Å²) in [6.07, 6.45) is -4.02. The number of carboxylic acids is 1. The fraction of sp³-hybridized carbons (Fsp3) is 0.333. The second-order valence-electron chi connectivity index (χ2n) is 4.10. The minimum Gasteiger partial charge on any atom is -0.474 e. The molecule has 1 aromatic rings. The number of benzene rings is 1. The average Bonchev–Trinajstić information content (AvgIpc) is 2.77. The van der Waals surface area contributed by atoms with Crippen molar-refractivity contribution in [2.45, 2.75) is 18.6 Å². The summed E-state index contributed by atoms with van der Waals surface area (Å²) in [5.41, 5.74) is -0.0642. The predicted octanol–water partition coefficient (Wildman–Crippen LogP) is 2.13. The van der Waals surface area contributed by atoms with Crippen LogP contribution in [0, 0.1) is 0 Å². The number of ether oxygens (including phenoxy) is 1. The predicted molar refractivity (Wildman–Crippen MR) is 60.0 cm³/mol. The Morgan fingerprint density at radius 3 is 2.47 bits per heavy atom. The molecule has 1 aliphatic heterocycles. The molecule has 1 unspecified atom stereocenters. The third kappa shape index (κ3) is 3.24. The number of halogens is 3. The van der Waals surface area contributed by atoms with E-state index in [-0.39, 0.29) is 18.5 Å². The van der Waals surface area contributed by atoms with Gasteiger partial charge in [-0.25, -0.2) is 9.79 Å². The van der Waals surface area contributed by atoms with Crippen LogP contribution < -0.4 is 0 Å². The summed E-state index contributed by atoms with van der Waals surface area (Å²) in [6, 6.07) is 4.33. The van der Waals surface area contributed by atoms with Crippen LogP contribution >= 0.6 is 0 Å². The molecule has 0 fully saturated rings. The maximum Gasteiger partial charge on any atom is 0.416 e. The van der Waals surface area contributed by atoms with Gasteiger partial charge in [0.2, 0.25) is 0 Å². The lowest BCUT2D eigenvalue weighted by Crippen LogP contribution is -2.12. The van der Waals surface area contributed by atoms with Crippen molar-refractivity contribution in [1.82, 2.24) is 0 Å². The molecule has 0 saturated carbocycles. The molecule has 0 aromatic heterocycles. The smallest absolute Gasteiger partial charge is 0.416 e. The molecule has 0 spiro atoms. The Labute approximate surface area is 106 Å². The molecule has 0 aliphatic carbocycles. The second-order valence-corrected chi connectivity index (χ2v) is 4.10. The van der Waals surface area contributed by atoms with Crippen LogP contribution in [0.1, 0.15) is 11.1 Å². The lowest BCUT2D eigenvalue weighted by molar-refractivity contribution is -0.137. The number of hydrogen-bond acceptors (Lipinski definition) is 3. The summed E-state index contributed by atoms with van der Waals surface area (Å²) >= 11 is 0. The molecular weight excluding hydrogens is 263 g/mol. The van der Waals surface area contributed by atoms with Crippen molar-refractivity contribution < 1.29 is 27.8 Å². The van der Waals surface area contributed by atoms with E-state index in [1.807, 2.05) is 0 Å². The third-order valence-electron chi connectivity index (χ3n) is 2.65. The summed E-state index contributed by atoms with van der Waals surface area (Å²) in [4.78, 5) is 14.4. The molecule has 0 radical (unpaired) electrons. The largest absolute Gasteiger partial charge is 0.474 e. The van der Waals surface area contributed by atoms with Crippen LogP contribution in [0.3, 0.4) is 0 Å². The molecule has 0 amide bonds. The van der Waals surface area contributed by atoms with Gasteiger partial charge in [-0.1, -0.05) is 12.1 Å². The van der Waals surface area contributed by atoms with Gasteiger partial charge in [0, 0.05) is 0 Å². The summed E-state index contributed by atoms with van der Waals surface area (Å²) in [7, 11) is 0. The Kier molecular flexibility index (Phi) is 3.46. The van der Waals surface area contributed by atoms with Gasteiger partial charge in [0.1, 0.15) is 6.61 Å². The van der Waals surface area contributed by atoms with Gasteiger partial charge in [0.05, 0.1) is 11.6 Å². The van der Waals surface area contributed by atoms with Crippen LogP contribution in [-0.2, 0) is 22.1 Å². The van der Waals surface area contributed by atoms with Gasteiger partial charge in [0.15, 0.2) is 0 Å². The molecule has 1 heterocycles. The molecule has 2 rings (SSSR count). The first-order chi connectivity index (χ1) is 8.86. The topological polar surface area (TPSA) is 58.9 Å². The molecule has 1 aliphatic rings. The lowest BCUT2D eigenvalue weighted by atomic mass is 10.0. The first-order valence-corrected chi connectivity index (χ1v) is 5.46. The molecule has 0 bridgehead atoms. The first-order valence-electron chi connectivity index (χ1n) is 5.46. The van der Waals surface area contributed by atoms with Crippen molar-refractivity contribution >= 4 is 11.9 Å². The minimum atomic E-state index is -4.36. The molecule has 1 N–H and O–H groups in total.